The van der Waals surface area contributed by atoms with E-state index in [9.17, 15) is 5.11 Å². The Balaban J connectivity index is -0.000000139. The summed E-state index contributed by atoms with van der Waals surface area (Å²) in [7, 11) is 4.05. The Kier molecular flexibility index (Phi) is 41.7. The molecular formula is C19H15NO6W. The van der Waals surface area contributed by atoms with E-state index in [-0.39, 0.29) is 0 Å². The minimum absolute atomic E-state index is 0.753. The van der Waals surface area contributed by atoms with Gasteiger partial charge in [0, 0.05) is 0 Å². The molecule has 0 radical (unpaired) electrons. The molecule has 1 aromatic rings. The predicted octanol–water partition coefficient (Wildman–Crippen LogP) is 1.42. The van der Waals surface area contributed by atoms with Gasteiger partial charge in [0.05, 0.1) is 0 Å². The molecule has 27 heavy (non-hydrogen) atoms. The average Bonchev–Trinajstić information content (AvgIpc) is 2.78. The number of hydrogen-bond donors (Lipinski definition) is 1. The summed E-state index contributed by atoms with van der Waals surface area (Å²) in [6.45, 7) is 22.5. The topological polar surface area (TPSA) is 123 Å². The molecule has 1 unspecified atom stereocenters. The van der Waals surface area contributed by atoms with E-state index in [0.29, 0.717) is 0 Å². The van der Waals surface area contributed by atoms with E-state index < -0.39 is 6.10 Å². The van der Waals surface area contributed by atoms with Crippen LogP contribution in [0.1, 0.15) is 17.2 Å². The Morgan fingerprint density at radius 2 is 1.37 bits per heavy atom. The molecule has 138 valence electrons. The second-order valence-electron chi connectivity index (χ2n) is 3.80. The van der Waals surface area contributed by atoms with Crippen LogP contribution in [0.2, 0.25) is 0 Å². The van der Waals surface area contributed by atoms with Gasteiger partial charge in [-0.05, 0) is 0 Å². The fourth-order valence-electron chi connectivity index (χ4n) is 1.20. The van der Waals surface area contributed by atoms with E-state index in [1.807, 2.05) is 44.4 Å². The molecule has 0 aliphatic carbocycles. The van der Waals surface area contributed by atoms with Gasteiger partial charge in [-0.25, -0.2) is 0 Å². The molecule has 1 rings (SSSR count). The predicted molar refractivity (Wildman–Crippen MR) is 87.6 cm³/mol. The van der Waals surface area contributed by atoms with Gasteiger partial charge in [-0.15, -0.1) is 0 Å². The summed E-state index contributed by atoms with van der Waals surface area (Å²) in [4.78, 5) is 2.09. The fraction of sp³-hybridized carbons (Fsp3) is 0.158. The van der Waals surface area contributed by atoms with Crippen molar-refractivity contribution in [3.63, 3.8) is 0 Å². The Morgan fingerprint density at radius 3 is 1.67 bits per heavy atom. The number of likely N-dealkylation sites (N-methyl/N-ethyl adjacent to an activating group) is 1. The van der Waals surface area contributed by atoms with Gasteiger partial charge in [0.25, 0.3) is 0 Å². The van der Waals surface area contributed by atoms with Crippen LogP contribution in [0, 0.1) is 45.6 Å². The normalized spacial score (nSPS) is 8.33. The van der Waals surface area contributed by atoms with Crippen molar-refractivity contribution < 1.29 is 47.7 Å². The van der Waals surface area contributed by atoms with E-state index in [2.05, 4.69) is 50.1 Å². The molecule has 0 saturated heterocycles. The molecule has 0 aliphatic rings. The zero-order chi connectivity index (χ0) is 22.8. The van der Waals surface area contributed by atoms with Gasteiger partial charge in [-0.1, -0.05) is 0 Å². The molecule has 0 fully saturated rings. The molecule has 1 atom stereocenters. The van der Waals surface area contributed by atoms with Crippen molar-refractivity contribution in [1.29, 1.82) is 0 Å². The van der Waals surface area contributed by atoms with Crippen LogP contribution in [-0.4, -0.2) is 28.1 Å². The summed E-state index contributed by atoms with van der Waals surface area (Å²) in [5.74, 6) is 2.30. The number of benzene rings is 1. The van der Waals surface area contributed by atoms with Crippen LogP contribution < -0.4 is 0 Å². The first-order chi connectivity index (χ1) is 13.0. The first-order valence-electron chi connectivity index (χ1n) is 6.20. The number of hydrogen-bond acceptors (Lipinski definition) is 2. The Morgan fingerprint density at radius 1 is 1.00 bits per heavy atom. The van der Waals surface area contributed by atoms with Gasteiger partial charge in [0.1, 0.15) is 0 Å². The van der Waals surface area contributed by atoms with Crippen LogP contribution in [0.3, 0.4) is 0 Å². The number of rotatable bonds is 4. The van der Waals surface area contributed by atoms with Crippen LogP contribution in [-0.2, 0) is 42.6 Å². The summed E-state index contributed by atoms with van der Waals surface area (Å²) in [5, 5.41) is 9.45. The van der Waals surface area contributed by atoms with Gasteiger partial charge in [0.15, 0.2) is 0 Å². The minimum atomic E-state index is -0.812. The molecule has 0 heterocycles. The average molecular weight is 537 g/mol. The number of aliphatic hydroxyl groups is 1. The van der Waals surface area contributed by atoms with Gasteiger partial charge in [-0.3, -0.25) is 0 Å². The summed E-state index contributed by atoms with van der Waals surface area (Å²) in [6.07, 6.45) is 8.48. The van der Waals surface area contributed by atoms with Crippen molar-refractivity contribution in [3.8, 4) is 12.3 Å². The van der Waals surface area contributed by atoms with Crippen molar-refractivity contribution in [1.82, 2.24) is 4.90 Å². The first-order valence-corrected chi connectivity index (χ1v) is 7.67. The van der Waals surface area contributed by atoms with Crippen LogP contribution >= 0.6 is 0 Å². The van der Waals surface area contributed by atoms with E-state index in [0.717, 1.165) is 11.1 Å². The SMILES string of the molecule is C#CC(O)c1ccc(/C=C/[C](=[W])N(C)C)cc1.[C-]#[O+].[C-]#[O+].[C-]#[O+].[C-]#[O+].[C-]#[O+]. The zero-order valence-corrected chi connectivity index (χ0v) is 17.4. The summed E-state index contributed by atoms with van der Waals surface area (Å²) < 4.78 is 38.8. The molecule has 1 aromatic carbocycles. The third-order valence-corrected chi connectivity index (χ3v) is 4.07. The van der Waals surface area contributed by atoms with Gasteiger partial charge in [0.2, 0.25) is 0 Å². The maximum absolute atomic E-state index is 9.45. The quantitative estimate of drug-likeness (QED) is 0.355. The Hall–Kier alpha value is -2.30. The monoisotopic (exact) mass is 537 g/mol. The first kappa shape index (κ1) is 35.7. The molecule has 7 nitrogen and oxygen atoms in total. The van der Waals surface area contributed by atoms with Crippen molar-refractivity contribution in [3.05, 3.63) is 74.7 Å². The molecule has 8 heteroatoms. The van der Waals surface area contributed by atoms with Crippen LogP contribution in [0.15, 0.2) is 30.3 Å². The zero-order valence-electron chi connectivity index (χ0n) is 14.5. The molecule has 1 N–H and O–H groups in total. The third kappa shape index (κ3) is 21.7. The van der Waals surface area contributed by atoms with Crippen LogP contribution in [0.25, 0.3) is 6.08 Å². The van der Waals surface area contributed by atoms with E-state index >= 15 is 0 Å². The second-order valence-corrected chi connectivity index (χ2v) is 5.30. The Labute approximate surface area is 170 Å². The summed E-state index contributed by atoms with van der Waals surface area (Å²) >= 11 is 1.43. The van der Waals surface area contributed by atoms with E-state index in [1.54, 1.807) is 0 Å². The molecule has 0 aliphatic heterocycles. The second kappa shape index (κ2) is 31.5. The molecule has 0 amide bonds. The molecule has 0 saturated carbocycles. The Bertz CT molecular complexity index is 626. The number of aliphatic hydroxyl groups excluding tert-OH is 1. The molecule has 0 spiro atoms. The van der Waals surface area contributed by atoms with Gasteiger partial charge in [-0.2, -0.15) is 0 Å². The van der Waals surface area contributed by atoms with Crippen molar-refractivity contribution in [2.24, 2.45) is 0 Å². The molecular weight excluding hydrogens is 522 g/mol. The van der Waals surface area contributed by atoms with Crippen LogP contribution in [0.5, 0.6) is 0 Å². The fourth-order valence-corrected chi connectivity index (χ4v) is 1.45. The summed E-state index contributed by atoms with van der Waals surface area (Å²) in [6, 6.07) is 7.60. The van der Waals surface area contributed by atoms with Crippen molar-refractivity contribution in [2.45, 2.75) is 6.10 Å². The van der Waals surface area contributed by atoms with Crippen LogP contribution in [0.4, 0.5) is 0 Å². The van der Waals surface area contributed by atoms with E-state index in [1.165, 1.54) is 23.4 Å². The third-order valence-electron chi connectivity index (χ3n) is 2.27. The van der Waals surface area contributed by atoms with Crippen molar-refractivity contribution in [2.75, 3.05) is 14.1 Å². The molecule has 0 bridgehead atoms. The van der Waals surface area contributed by atoms with Gasteiger partial charge >= 0.3 is 170 Å². The number of terminal acetylenes is 1. The summed E-state index contributed by atoms with van der Waals surface area (Å²) in [5.41, 5.74) is 1.85. The molecule has 0 aromatic heterocycles. The standard InChI is InChI=1S/C14H15NO.5CO.W/c1-4-14(16)13-9-7-12(8-10-13)6-5-11-15(2)3;5*1-2;/h1,5-10,14,16H,2-3H3;;;;;;/b6-5+;;;;;;. The van der Waals surface area contributed by atoms with E-state index in [4.69, 9.17) is 29.7 Å². The maximum atomic E-state index is 9.45. The van der Waals surface area contributed by atoms with Crippen molar-refractivity contribution >= 4 is 10.1 Å². The van der Waals surface area contributed by atoms with Gasteiger partial charge < -0.3 is 0 Å². The number of nitrogens with zero attached hydrogens (tertiary/aromatic N) is 1.